The van der Waals surface area contributed by atoms with Crippen molar-refractivity contribution in [3.63, 3.8) is 0 Å². The first-order valence-corrected chi connectivity index (χ1v) is 9.35. The third-order valence-corrected chi connectivity index (χ3v) is 6.25. The van der Waals surface area contributed by atoms with Gasteiger partial charge in [0, 0.05) is 0 Å². The molecule has 0 aromatic carbocycles. The lowest BCUT2D eigenvalue weighted by Gasteiger charge is -2.13. The van der Waals surface area contributed by atoms with E-state index in [4.69, 9.17) is 5.11 Å². The maximum absolute atomic E-state index is 11.9. The Balaban J connectivity index is 2.82. The topological polar surface area (TPSA) is 83.5 Å². The smallest absolute Gasteiger partial charge is 0.321 e. The Morgan fingerprint density at radius 1 is 1.61 bits per heavy atom. The van der Waals surface area contributed by atoms with Gasteiger partial charge in [0.2, 0.25) is 0 Å². The molecule has 1 rings (SSSR count). The third-order valence-electron chi connectivity index (χ3n) is 2.02. The van der Waals surface area contributed by atoms with Crippen molar-refractivity contribution in [1.29, 1.82) is 0 Å². The highest BCUT2D eigenvalue weighted by Crippen LogP contribution is 2.26. The van der Waals surface area contributed by atoms with Crippen LogP contribution in [0.1, 0.15) is 6.42 Å². The number of rotatable bonds is 7. The molecule has 0 bridgehead atoms. The number of thioether (sulfide) groups is 1. The van der Waals surface area contributed by atoms with Crippen LogP contribution in [0.3, 0.4) is 0 Å². The summed E-state index contributed by atoms with van der Waals surface area (Å²) in [4.78, 5) is 11.0. The van der Waals surface area contributed by atoms with Crippen LogP contribution in [-0.4, -0.2) is 37.5 Å². The molecule has 0 aliphatic heterocycles. The van der Waals surface area contributed by atoms with Gasteiger partial charge in [-0.2, -0.15) is 16.5 Å². The molecule has 0 unspecified atom stereocenters. The summed E-state index contributed by atoms with van der Waals surface area (Å²) >= 11 is 5.68. The van der Waals surface area contributed by atoms with E-state index in [2.05, 4.69) is 20.7 Å². The van der Waals surface area contributed by atoms with Gasteiger partial charge in [-0.05, 0) is 46.5 Å². The average Bonchev–Trinajstić information content (AvgIpc) is 2.71. The van der Waals surface area contributed by atoms with E-state index in [9.17, 15) is 13.2 Å². The van der Waals surface area contributed by atoms with E-state index in [0.29, 0.717) is 9.54 Å². The summed E-state index contributed by atoms with van der Waals surface area (Å²) in [5, 5.41) is 8.97. The fourth-order valence-electron chi connectivity index (χ4n) is 1.16. The van der Waals surface area contributed by atoms with Crippen molar-refractivity contribution in [3.8, 4) is 0 Å². The van der Waals surface area contributed by atoms with Gasteiger partial charge >= 0.3 is 5.97 Å². The summed E-state index contributed by atoms with van der Waals surface area (Å²) in [7, 11) is -3.77. The van der Waals surface area contributed by atoms with Crippen molar-refractivity contribution in [3.05, 3.63) is 15.9 Å². The number of hydrogen-bond acceptors (Lipinski definition) is 5. The Hall–Kier alpha value is -0.0900. The summed E-state index contributed by atoms with van der Waals surface area (Å²) in [6.07, 6.45) is 2.09. The van der Waals surface area contributed by atoms with Crippen LogP contribution < -0.4 is 4.72 Å². The molecular weight excluding hydrogens is 362 g/mol. The molecule has 1 aromatic heterocycles. The minimum atomic E-state index is -3.77. The fourth-order valence-corrected chi connectivity index (χ4v) is 4.88. The second kappa shape index (κ2) is 6.90. The second-order valence-corrected chi connectivity index (χ2v) is 8.74. The zero-order chi connectivity index (χ0) is 13.8. The number of sulfonamides is 1. The predicted molar refractivity (Wildman–Crippen MR) is 76.8 cm³/mol. The van der Waals surface area contributed by atoms with Crippen molar-refractivity contribution in [1.82, 2.24) is 4.72 Å². The first-order valence-electron chi connectivity index (χ1n) is 4.86. The van der Waals surface area contributed by atoms with E-state index in [0.717, 1.165) is 11.3 Å². The van der Waals surface area contributed by atoms with Gasteiger partial charge in [0.1, 0.15) is 10.3 Å². The van der Waals surface area contributed by atoms with Crippen LogP contribution in [-0.2, 0) is 14.8 Å². The summed E-state index contributed by atoms with van der Waals surface area (Å²) in [5.41, 5.74) is 0. The Bertz CT molecular complexity index is 514. The normalized spacial score (nSPS) is 13.4. The molecule has 0 radical (unpaired) electrons. The van der Waals surface area contributed by atoms with Gasteiger partial charge in [-0.15, -0.1) is 11.3 Å². The molecule has 0 aliphatic rings. The summed E-state index contributed by atoms with van der Waals surface area (Å²) in [5.74, 6) is -0.587. The maximum Gasteiger partial charge on any atom is 0.321 e. The number of thiophene rings is 1. The van der Waals surface area contributed by atoms with Gasteiger partial charge in [0.25, 0.3) is 10.0 Å². The Kier molecular flexibility index (Phi) is 6.12. The molecule has 0 aliphatic carbocycles. The third kappa shape index (κ3) is 4.54. The van der Waals surface area contributed by atoms with Crippen LogP contribution in [0.25, 0.3) is 0 Å². The highest BCUT2D eigenvalue weighted by atomic mass is 79.9. The number of halogens is 1. The minimum Gasteiger partial charge on any atom is -0.480 e. The highest BCUT2D eigenvalue weighted by Gasteiger charge is 2.25. The minimum absolute atomic E-state index is 0.102. The molecule has 0 fully saturated rings. The number of carbonyl (C=O) groups is 1. The first kappa shape index (κ1) is 16.0. The van der Waals surface area contributed by atoms with Crippen LogP contribution in [0.4, 0.5) is 0 Å². The van der Waals surface area contributed by atoms with Gasteiger partial charge in [-0.3, -0.25) is 4.79 Å². The molecule has 0 amide bonds. The summed E-state index contributed by atoms with van der Waals surface area (Å²) < 4.78 is 26.9. The number of nitrogens with one attached hydrogen (secondary N) is 1. The number of carboxylic acid groups (broad SMARTS) is 1. The molecule has 9 heteroatoms. The molecule has 1 aromatic rings. The molecular formula is C9H12BrNO4S3. The number of carboxylic acids is 1. The standard InChI is InChI=1S/C9H12BrNO4S3/c1-16-5-4-6(9(12)13)11-18(14,15)8-3-2-7(10)17-8/h2-3,6,11H,4-5H2,1H3,(H,12,13)/t6-/m0/s1. The van der Waals surface area contributed by atoms with E-state index in [1.54, 1.807) is 6.07 Å². The van der Waals surface area contributed by atoms with Gasteiger partial charge < -0.3 is 5.11 Å². The largest absolute Gasteiger partial charge is 0.480 e. The summed E-state index contributed by atoms with van der Waals surface area (Å²) in [6.45, 7) is 0. The average molecular weight is 374 g/mol. The van der Waals surface area contributed by atoms with Crippen LogP contribution in [0.5, 0.6) is 0 Å². The monoisotopic (exact) mass is 373 g/mol. The van der Waals surface area contributed by atoms with E-state index in [1.165, 1.54) is 17.8 Å². The lowest BCUT2D eigenvalue weighted by molar-refractivity contribution is -0.139. The molecule has 5 nitrogen and oxygen atoms in total. The molecule has 2 N–H and O–H groups in total. The fraction of sp³-hybridized carbons (Fsp3) is 0.444. The van der Waals surface area contributed by atoms with Crippen LogP contribution >= 0.6 is 39.0 Å². The van der Waals surface area contributed by atoms with Crippen molar-refractivity contribution in [2.45, 2.75) is 16.7 Å². The van der Waals surface area contributed by atoms with E-state index >= 15 is 0 Å². The lowest BCUT2D eigenvalue weighted by atomic mass is 10.2. The Morgan fingerprint density at radius 2 is 2.28 bits per heavy atom. The van der Waals surface area contributed by atoms with Gasteiger partial charge in [-0.25, -0.2) is 8.42 Å². The van der Waals surface area contributed by atoms with Crippen molar-refractivity contribution < 1.29 is 18.3 Å². The molecule has 0 saturated heterocycles. The van der Waals surface area contributed by atoms with Gasteiger partial charge in [0.15, 0.2) is 0 Å². The van der Waals surface area contributed by atoms with Gasteiger partial charge in [-0.1, -0.05) is 0 Å². The Morgan fingerprint density at radius 3 is 2.72 bits per heavy atom. The Labute approximate surface area is 122 Å². The maximum atomic E-state index is 11.9. The molecule has 1 atom stereocenters. The lowest BCUT2D eigenvalue weighted by Crippen LogP contribution is -2.40. The van der Waals surface area contributed by atoms with Crippen molar-refractivity contribution in [2.24, 2.45) is 0 Å². The first-order chi connectivity index (χ1) is 8.36. The highest BCUT2D eigenvalue weighted by molar-refractivity contribution is 9.11. The van der Waals surface area contributed by atoms with Crippen molar-refractivity contribution >= 4 is 55.0 Å². The number of hydrogen-bond donors (Lipinski definition) is 2. The zero-order valence-corrected chi connectivity index (χ0v) is 13.5. The molecule has 0 saturated carbocycles. The molecule has 0 spiro atoms. The molecule has 1 heterocycles. The van der Waals surface area contributed by atoms with E-state index in [-0.39, 0.29) is 10.6 Å². The zero-order valence-electron chi connectivity index (χ0n) is 9.42. The van der Waals surface area contributed by atoms with Crippen molar-refractivity contribution in [2.75, 3.05) is 12.0 Å². The summed E-state index contributed by atoms with van der Waals surface area (Å²) in [6, 6.07) is 1.95. The SMILES string of the molecule is CSCC[C@H](NS(=O)(=O)c1ccc(Br)s1)C(=O)O. The quantitative estimate of drug-likeness (QED) is 0.763. The molecule has 18 heavy (non-hydrogen) atoms. The molecule has 102 valence electrons. The second-order valence-electron chi connectivity index (χ2n) is 3.35. The number of aliphatic carboxylic acids is 1. The predicted octanol–water partition coefficient (Wildman–Crippen LogP) is 2.00. The van der Waals surface area contributed by atoms with Crippen LogP contribution in [0, 0.1) is 0 Å². The van der Waals surface area contributed by atoms with Gasteiger partial charge in [0.05, 0.1) is 3.79 Å². The van der Waals surface area contributed by atoms with E-state index in [1.807, 2.05) is 6.26 Å². The van der Waals surface area contributed by atoms with Crippen LogP contribution in [0.15, 0.2) is 20.1 Å². The van der Waals surface area contributed by atoms with Crippen LogP contribution in [0.2, 0.25) is 0 Å². The van der Waals surface area contributed by atoms with E-state index < -0.39 is 22.0 Å².